The molecule has 0 bridgehead atoms. The number of hydrogen-bond donors (Lipinski definition) is 2. The van der Waals surface area contributed by atoms with Crippen molar-refractivity contribution < 1.29 is 19.1 Å². The number of ether oxygens (including phenoxy) is 1. The number of amides is 4. The Kier molecular flexibility index (Phi) is 10.4. The van der Waals surface area contributed by atoms with Crippen LogP contribution in [0.5, 0.6) is 5.75 Å². The van der Waals surface area contributed by atoms with E-state index in [2.05, 4.69) is 10.6 Å². The summed E-state index contributed by atoms with van der Waals surface area (Å²) in [5.41, 5.74) is 0.629. The Morgan fingerprint density at radius 2 is 1.78 bits per heavy atom. The summed E-state index contributed by atoms with van der Waals surface area (Å²) in [5, 5.41) is 5.72. The number of anilines is 1. The van der Waals surface area contributed by atoms with E-state index in [0.717, 1.165) is 18.6 Å². The average molecular weight is 501 g/mol. The predicted octanol–water partition coefficient (Wildman–Crippen LogP) is 4.65. The molecule has 2 fully saturated rings. The highest BCUT2D eigenvalue weighted by Gasteiger charge is 2.35. The van der Waals surface area contributed by atoms with Crippen LogP contribution >= 0.6 is 0 Å². The highest BCUT2D eigenvalue weighted by molar-refractivity contribution is 5.94. The number of nitrogens with one attached hydrogen (secondary N) is 2. The molecule has 2 N–H and O–H groups in total. The minimum absolute atomic E-state index is 0.0232. The molecule has 8 heteroatoms. The minimum atomic E-state index is -0.630. The van der Waals surface area contributed by atoms with Crippen LogP contribution in [0, 0.1) is 11.8 Å². The van der Waals surface area contributed by atoms with Crippen LogP contribution in [0.15, 0.2) is 24.3 Å². The fourth-order valence-corrected chi connectivity index (χ4v) is 5.29. The van der Waals surface area contributed by atoms with Gasteiger partial charge in [-0.1, -0.05) is 46.0 Å². The number of piperazine rings is 1. The first-order valence-electron chi connectivity index (χ1n) is 13.7. The molecular weight excluding hydrogens is 456 g/mol. The second-order valence-corrected chi connectivity index (χ2v) is 10.3. The maximum Gasteiger partial charge on any atom is 0.319 e. The summed E-state index contributed by atoms with van der Waals surface area (Å²) in [6, 6.07) is 6.07. The van der Waals surface area contributed by atoms with Gasteiger partial charge in [-0.2, -0.15) is 0 Å². The first-order valence-corrected chi connectivity index (χ1v) is 13.7. The number of nitrogens with zero attached hydrogens (tertiary/aromatic N) is 2. The van der Waals surface area contributed by atoms with Crippen molar-refractivity contribution in [3.8, 4) is 5.75 Å². The quantitative estimate of drug-likeness (QED) is 0.489. The fraction of sp³-hybridized carbons (Fsp3) is 0.679. The minimum Gasteiger partial charge on any atom is -0.494 e. The zero-order valence-corrected chi connectivity index (χ0v) is 22.4. The van der Waals surface area contributed by atoms with Gasteiger partial charge in [0.15, 0.2) is 0 Å². The van der Waals surface area contributed by atoms with Gasteiger partial charge in [0.25, 0.3) is 0 Å². The molecule has 2 aliphatic rings. The lowest BCUT2D eigenvalue weighted by Gasteiger charge is -2.41. The summed E-state index contributed by atoms with van der Waals surface area (Å²) in [4.78, 5) is 42.8. The highest BCUT2D eigenvalue weighted by Crippen LogP contribution is 2.29. The van der Waals surface area contributed by atoms with Gasteiger partial charge in [-0.3, -0.25) is 9.59 Å². The Morgan fingerprint density at radius 3 is 2.39 bits per heavy atom. The van der Waals surface area contributed by atoms with Crippen molar-refractivity contribution in [3.05, 3.63) is 24.3 Å². The van der Waals surface area contributed by atoms with Gasteiger partial charge in [0.05, 0.1) is 6.61 Å². The molecule has 3 rings (SSSR count). The maximum atomic E-state index is 13.5. The van der Waals surface area contributed by atoms with Crippen molar-refractivity contribution in [2.45, 2.75) is 84.7 Å². The van der Waals surface area contributed by atoms with E-state index >= 15 is 0 Å². The summed E-state index contributed by atoms with van der Waals surface area (Å²) in [6.07, 6.45) is 7.43. The van der Waals surface area contributed by atoms with E-state index in [-0.39, 0.29) is 23.8 Å². The largest absolute Gasteiger partial charge is 0.494 e. The molecule has 1 saturated heterocycles. The first kappa shape index (κ1) is 27.8. The summed E-state index contributed by atoms with van der Waals surface area (Å²) in [5.74, 6) is 1.53. The van der Waals surface area contributed by atoms with Crippen molar-refractivity contribution in [1.82, 2.24) is 15.1 Å². The molecule has 0 spiro atoms. The van der Waals surface area contributed by atoms with Crippen molar-refractivity contribution in [2.24, 2.45) is 11.8 Å². The number of urea groups is 1. The molecule has 0 aromatic heterocycles. The van der Waals surface area contributed by atoms with Gasteiger partial charge in [-0.15, -0.1) is 0 Å². The van der Waals surface area contributed by atoms with Crippen LogP contribution in [0.1, 0.15) is 72.6 Å². The van der Waals surface area contributed by atoms with Gasteiger partial charge in [-0.25, -0.2) is 4.79 Å². The summed E-state index contributed by atoms with van der Waals surface area (Å²) >= 11 is 0. The van der Waals surface area contributed by atoms with Crippen molar-refractivity contribution >= 4 is 23.5 Å². The molecule has 3 atom stereocenters. The van der Waals surface area contributed by atoms with E-state index in [4.69, 9.17) is 4.74 Å². The predicted molar refractivity (Wildman–Crippen MR) is 142 cm³/mol. The van der Waals surface area contributed by atoms with Crippen molar-refractivity contribution in [3.63, 3.8) is 0 Å². The zero-order valence-electron chi connectivity index (χ0n) is 22.4. The van der Waals surface area contributed by atoms with E-state index in [1.54, 1.807) is 29.2 Å². The lowest BCUT2D eigenvalue weighted by molar-refractivity contribution is -0.144. The molecule has 1 aromatic carbocycles. The standard InChI is InChI=1S/C28H44N4O4/c1-5-20(3)26(30-28(35)29-23-12-14-24(15-13-23)36-6-2)27(34)31-17-18-32(21(4)19-31)25(33)16-11-22-9-7-8-10-22/h12-15,20-22,26H,5-11,16-19H2,1-4H3,(H2,29,30,35). The van der Waals surface area contributed by atoms with Crippen molar-refractivity contribution in [1.29, 1.82) is 0 Å². The maximum absolute atomic E-state index is 13.5. The number of carbonyl (C=O) groups is 3. The van der Waals surface area contributed by atoms with Gasteiger partial charge in [0.1, 0.15) is 11.8 Å². The average Bonchev–Trinajstić information content (AvgIpc) is 3.40. The van der Waals surface area contributed by atoms with Crippen LogP contribution in [0.25, 0.3) is 0 Å². The monoisotopic (exact) mass is 500 g/mol. The Bertz CT molecular complexity index is 869. The number of carbonyl (C=O) groups excluding carboxylic acids is 3. The second-order valence-electron chi connectivity index (χ2n) is 10.3. The highest BCUT2D eigenvalue weighted by atomic mass is 16.5. The first-order chi connectivity index (χ1) is 17.3. The van der Waals surface area contributed by atoms with Gasteiger partial charge >= 0.3 is 6.03 Å². The van der Waals surface area contributed by atoms with Crippen LogP contribution < -0.4 is 15.4 Å². The lowest BCUT2D eigenvalue weighted by Crippen LogP contribution is -2.60. The molecule has 0 radical (unpaired) electrons. The molecule has 3 unspecified atom stereocenters. The molecule has 1 saturated carbocycles. The molecule has 1 aliphatic carbocycles. The zero-order chi connectivity index (χ0) is 26.1. The molecular formula is C28H44N4O4. The lowest BCUT2D eigenvalue weighted by atomic mass is 9.97. The Hall–Kier alpha value is -2.77. The Balaban J connectivity index is 1.54. The van der Waals surface area contributed by atoms with E-state index in [1.807, 2.05) is 32.6 Å². The molecule has 1 aromatic rings. The molecule has 200 valence electrons. The smallest absolute Gasteiger partial charge is 0.319 e. The number of benzene rings is 1. The van der Waals surface area contributed by atoms with Crippen LogP contribution in [-0.4, -0.2) is 66.0 Å². The second kappa shape index (κ2) is 13.5. The Labute approximate surface area is 216 Å². The normalized spacial score (nSPS) is 20.1. The van der Waals surface area contributed by atoms with Crippen molar-refractivity contribution in [2.75, 3.05) is 31.6 Å². The van der Waals surface area contributed by atoms with E-state index in [0.29, 0.717) is 44.3 Å². The van der Waals surface area contributed by atoms with Crippen LogP contribution in [0.2, 0.25) is 0 Å². The third-order valence-corrected chi connectivity index (χ3v) is 7.69. The van der Waals surface area contributed by atoms with Crippen LogP contribution in [-0.2, 0) is 9.59 Å². The third kappa shape index (κ3) is 7.61. The number of hydrogen-bond acceptors (Lipinski definition) is 4. The molecule has 8 nitrogen and oxygen atoms in total. The van der Waals surface area contributed by atoms with Crippen LogP contribution in [0.3, 0.4) is 0 Å². The summed E-state index contributed by atoms with van der Waals surface area (Å²) in [7, 11) is 0. The fourth-order valence-electron chi connectivity index (χ4n) is 5.29. The van der Waals surface area contributed by atoms with E-state index in [1.165, 1.54) is 25.7 Å². The Morgan fingerprint density at radius 1 is 1.08 bits per heavy atom. The molecule has 4 amide bonds. The van der Waals surface area contributed by atoms with Gasteiger partial charge in [0, 0.05) is 37.8 Å². The summed E-state index contributed by atoms with van der Waals surface area (Å²) in [6.45, 7) is 10.0. The molecule has 1 heterocycles. The SMILES string of the molecule is CCOc1ccc(NC(=O)NC(C(=O)N2CCN(C(=O)CCC3CCCC3)C(C)C2)C(C)CC)cc1. The van der Waals surface area contributed by atoms with E-state index < -0.39 is 12.1 Å². The van der Waals surface area contributed by atoms with Gasteiger partial charge in [-0.05, 0) is 56.4 Å². The third-order valence-electron chi connectivity index (χ3n) is 7.69. The molecule has 36 heavy (non-hydrogen) atoms. The molecule has 1 aliphatic heterocycles. The number of rotatable bonds is 10. The van der Waals surface area contributed by atoms with Gasteiger partial charge < -0.3 is 25.2 Å². The topological polar surface area (TPSA) is 91.0 Å². The van der Waals surface area contributed by atoms with E-state index in [9.17, 15) is 14.4 Å². The van der Waals surface area contributed by atoms with Gasteiger partial charge in [0.2, 0.25) is 11.8 Å². The van der Waals surface area contributed by atoms with Crippen LogP contribution in [0.4, 0.5) is 10.5 Å². The summed E-state index contributed by atoms with van der Waals surface area (Å²) < 4.78 is 5.44.